The minimum Gasteiger partial charge on any atom is -0.364 e. The monoisotopic (exact) mass is 229 g/mol. The Kier molecular flexibility index (Phi) is 2.33. The normalized spacial score (nSPS) is 16.7. The zero-order chi connectivity index (χ0) is 11.0. The number of hydrogen-bond acceptors (Lipinski definition) is 0. The van der Waals surface area contributed by atoms with Crippen molar-refractivity contribution in [2.75, 3.05) is 0 Å². The zero-order valence-corrected chi connectivity index (χ0v) is 9.59. The number of fused-ring (bicyclic) bond motifs is 1. The first kappa shape index (κ1) is 9.73. The van der Waals surface area contributed by atoms with Crippen molar-refractivity contribution in [1.29, 1.82) is 0 Å². The van der Waals surface area contributed by atoms with Gasteiger partial charge in [-0.1, -0.05) is 29.8 Å². The van der Waals surface area contributed by atoms with E-state index >= 15 is 0 Å². The molecule has 1 aromatic heterocycles. The van der Waals surface area contributed by atoms with Gasteiger partial charge in [-0.05, 0) is 47.7 Å². The molecule has 3 rings (SSSR count). The molecule has 1 N–H and O–H groups in total. The average Bonchev–Trinajstić information content (AvgIpc) is 2.86. The van der Waals surface area contributed by atoms with Gasteiger partial charge >= 0.3 is 0 Å². The number of aryl methyl sites for hydroxylation is 1. The van der Waals surface area contributed by atoms with E-state index in [-0.39, 0.29) is 0 Å². The number of H-pyrrole nitrogens is 1. The van der Waals surface area contributed by atoms with E-state index in [1.165, 1.54) is 22.4 Å². The van der Waals surface area contributed by atoms with Crippen LogP contribution < -0.4 is 0 Å². The zero-order valence-electron chi connectivity index (χ0n) is 8.83. The summed E-state index contributed by atoms with van der Waals surface area (Å²) in [6.07, 6.45) is 6.52. The van der Waals surface area contributed by atoms with E-state index in [0.717, 1.165) is 17.9 Å². The molecule has 0 saturated carbocycles. The van der Waals surface area contributed by atoms with Gasteiger partial charge in [0, 0.05) is 16.9 Å². The average molecular weight is 230 g/mol. The van der Waals surface area contributed by atoms with Gasteiger partial charge < -0.3 is 4.98 Å². The van der Waals surface area contributed by atoms with Crippen LogP contribution in [-0.4, -0.2) is 4.98 Å². The topological polar surface area (TPSA) is 15.8 Å². The van der Waals surface area contributed by atoms with Crippen LogP contribution in [0, 0.1) is 0 Å². The number of benzene rings is 1. The number of aromatic nitrogens is 1. The Balaban J connectivity index is 1.97. The standard InChI is InChI=1S/C14H12ClN/c15-12-4-1-10(2-5-12)9-11-3-6-14-13(11)7-8-16-14/h1-2,4-5,7-9,16H,3,6H2. The summed E-state index contributed by atoms with van der Waals surface area (Å²) >= 11 is 5.87. The Morgan fingerprint density at radius 2 is 1.88 bits per heavy atom. The van der Waals surface area contributed by atoms with Gasteiger partial charge in [0.1, 0.15) is 0 Å². The number of allylic oxidation sites excluding steroid dienone is 1. The molecule has 1 aliphatic rings. The Morgan fingerprint density at radius 1 is 1.06 bits per heavy atom. The fourth-order valence-corrected chi connectivity index (χ4v) is 2.34. The maximum Gasteiger partial charge on any atom is 0.0406 e. The first-order chi connectivity index (χ1) is 7.83. The summed E-state index contributed by atoms with van der Waals surface area (Å²) in [6.45, 7) is 0. The first-order valence-electron chi connectivity index (χ1n) is 5.46. The van der Waals surface area contributed by atoms with Crippen molar-refractivity contribution in [2.45, 2.75) is 12.8 Å². The highest BCUT2D eigenvalue weighted by atomic mass is 35.5. The molecule has 0 spiro atoms. The summed E-state index contributed by atoms with van der Waals surface area (Å²) < 4.78 is 0. The molecule has 0 fully saturated rings. The smallest absolute Gasteiger partial charge is 0.0406 e. The Morgan fingerprint density at radius 3 is 2.69 bits per heavy atom. The predicted octanol–water partition coefficient (Wildman–Crippen LogP) is 4.15. The first-order valence-corrected chi connectivity index (χ1v) is 5.83. The maximum atomic E-state index is 5.87. The van der Waals surface area contributed by atoms with Crippen LogP contribution in [0.4, 0.5) is 0 Å². The lowest BCUT2D eigenvalue weighted by Crippen LogP contribution is -1.76. The van der Waals surface area contributed by atoms with Crippen molar-refractivity contribution < 1.29 is 0 Å². The second-order valence-electron chi connectivity index (χ2n) is 4.09. The van der Waals surface area contributed by atoms with E-state index in [2.05, 4.69) is 29.3 Å². The van der Waals surface area contributed by atoms with Gasteiger partial charge in [-0.3, -0.25) is 0 Å². The summed E-state index contributed by atoms with van der Waals surface area (Å²) in [5.41, 5.74) is 5.36. The minimum absolute atomic E-state index is 0.788. The van der Waals surface area contributed by atoms with E-state index < -0.39 is 0 Å². The molecule has 1 nitrogen and oxygen atoms in total. The minimum atomic E-state index is 0.788. The number of nitrogens with one attached hydrogen (secondary N) is 1. The molecule has 1 aliphatic carbocycles. The van der Waals surface area contributed by atoms with Gasteiger partial charge in [0.2, 0.25) is 0 Å². The molecule has 0 atom stereocenters. The number of rotatable bonds is 1. The van der Waals surface area contributed by atoms with E-state index in [0.29, 0.717) is 0 Å². The van der Waals surface area contributed by atoms with Crippen molar-refractivity contribution in [3.05, 3.63) is 58.4 Å². The van der Waals surface area contributed by atoms with Crippen LogP contribution in [0.15, 0.2) is 36.5 Å². The van der Waals surface area contributed by atoms with Crippen molar-refractivity contribution in [1.82, 2.24) is 4.98 Å². The fourth-order valence-electron chi connectivity index (χ4n) is 2.22. The molecule has 80 valence electrons. The van der Waals surface area contributed by atoms with Gasteiger partial charge in [0.05, 0.1) is 0 Å². The van der Waals surface area contributed by atoms with Crippen LogP contribution in [0.2, 0.25) is 5.02 Å². The summed E-state index contributed by atoms with van der Waals surface area (Å²) in [4.78, 5) is 3.28. The van der Waals surface area contributed by atoms with Gasteiger partial charge in [-0.25, -0.2) is 0 Å². The van der Waals surface area contributed by atoms with E-state index in [1.807, 2.05) is 18.3 Å². The van der Waals surface area contributed by atoms with Crippen LogP contribution in [0.5, 0.6) is 0 Å². The fraction of sp³-hybridized carbons (Fsp3) is 0.143. The molecule has 0 bridgehead atoms. The summed E-state index contributed by atoms with van der Waals surface area (Å²) in [5.74, 6) is 0. The highest BCUT2D eigenvalue weighted by Crippen LogP contribution is 2.32. The van der Waals surface area contributed by atoms with Gasteiger partial charge in [0.25, 0.3) is 0 Å². The Bertz CT molecular complexity index is 534. The molecule has 2 aromatic rings. The second-order valence-corrected chi connectivity index (χ2v) is 4.53. The van der Waals surface area contributed by atoms with E-state index in [4.69, 9.17) is 11.6 Å². The SMILES string of the molecule is Clc1ccc(C=C2CCc3[nH]ccc32)cc1. The maximum absolute atomic E-state index is 5.87. The van der Waals surface area contributed by atoms with Gasteiger partial charge in [-0.2, -0.15) is 0 Å². The molecular formula is C14H12ClN. The van der Waals surface area contributed by atoms with Crippen LogP contribution in [0.3, 0.4) is 0 Å². The van der Waals surface area contributed by atoms with Crippen LogP contribution >= 0.6 is 11.6 Å². The summed E-state index contributed by atoms with van der Waals surface area (Å²) in [6, 6.07) is 10.1. The molecule has 2 heteroatoms. The molecular weight excluding hydrogens is 218 g/mol. The second kappa shape index (κ2) is 3.84. The Labute approximate surface area is 99.8 Å². The summed E-state index contributed by atoms with van der Waals surface area (Å²) in [5, 5.41) is 0.788. The molecule has 0 saturated heterocycles. The number of halogens is 1. The lowest BCUT2D eigenvalue weighted by Gasteiger charge is -1.98. The molecule has 0 radical (unpaired) electrons. The van der Waals surface area contributed by atoms with Crippen LogP contribution in [0.25, 0.3) is 11.6 Å². The van der Waals surface area contributed by atoms with Crippen molar-refractivity contribution in [3.63, 3.8) is 0 Å². The third-order valence-corrected chi connectivity index (χ3v) is 3.29. The highest BCUT2D eigenvalue weighted by molar-refractivity contribution is 6.30. The van der Waals surface area contributed by atoms with Crippen LogP contribution in [-0.2, 0) is 6.42 Å². The van der Waals surface area contributed by atoms with Gasteiger partial charge in [-0.15, -0.1) is 0 Å². The van der Waals surface area contributed by atoms with Crippen molar-refractivity contribution in [3.8, 4) is 0 Å². The largest absolute Gasteiger partial charge is 0.364 e. The lowest BCUT2D eigenvalue weighted by atomic mass is 10.1. The third-order valence-electron chi connectivity index (χ3n) is 3.03. The molecule has 0 unspecified atom stereocenters. The molecule has 16 heavy (non-hydrogen) atoms. The molecule has 1 heterocycles. The molecule has 1 aromatic carbocycles. The van der Waals surface area contributed by atoms with Gasteiger partial charge in [0.15, 0.2) is 0 Å². The third kappa shape index (κ3) is 1.68. The molecule has 0 amide bonds. The summed E-state index contributed by atoms with van der Waals surface area (Å²) in [7, 11) is 0. The van der Waals surface area contributed by atoms with E-state index in [9.17, 15) is 0 Å². The Hall–Kier alpha value is -1.47. The number of aromatic amines is 1. The van der Waals surface area contributed by atoms with Crippen molar-refractivity contribution in [2.24, 2.45) is 0 Å². The van der Waals surface area contributed by atoms with E-state index in [1.54, 1.807) is 0 Å². The lowest BCUT2D eigenvalue weighted by molar-refractivity contribution is 1.02. The molecule has 0 aliphatic heterocycles. The van der Waals surface area contributed by atoms with Crippen molar-refractivity contribution >= 4 is 23.3 Å². The number of hydrogen-bond donors (Lipinski definition) is 1. The predicted molar refractivity (Wildman–Crippen MR) is 68.4 cm³/mol. The highest BCUT2D eigenvalue weighted by Gasteiger charge is 2.16. The van der Waals surface area contributed by atoms with Crippen LogP contribution in [0.1, 0.15) is 23.2 Å². The quantitative estimate of drug-likeness (QED) is 0.756.